The van der Waals surface area contributed by atoms with Gasteiger partial charge in [-0.2, -0.15) is 0 Å². The summed E-state index contributed by atoms with van der Waals surface area (Å²) in [5.41, 5.74) is 0. The number of hydrogen-bond acceptors (Lipinski definition) is 4. The number of carbonyl (C=O) groups excluding carboxylic acids is 1. The maximum Gasteiger partial charge on any atom is 0.334 e. The van der Waals surface area contributed by atoms with E-state index in [9.17, 15) is 9.59 Å². The Hall–Kier alpha value is -1.34. The minimum Gasteiger partial charge on any atom is -0.479 e. The second kappa shape index (κ2) is 7.17. The van der Waals surface area contributed by atoms with Gasteiger partial charge < -0.3 is 24.8 Å². The summed E-state index contributed by atoms with van der Waals surface area (Å²) in [6.07, 6.45) is 0.963. The number of nitrogens with one attached hydrogen (secondary N) is 1. The third-order valence-electron chi connectivity index (χ3n) is 2.78. The standard InChI is InChI=1S/C11H20N2O5/c1-17-6-5-13(8-3-4-8)11(16)12-7-9(18-2)10(14)15/h8-9H,3-7H2,1-2H3,(H,12,16)(H,14,15). The molecule has 0 aromatic heterocycles. The molecule has 1 unspecified atom stereocenters. The van der Waals surface area contributed by atoms with Gasteiger partial charge >= 0.3 is 12.0 Å². The van der Waals surface area contributed by atoms with Crippen molar-refractivity contribution >= 4 is 12.0 Å². The molecule has 18 heavy (non-hydrogen) atoms. The number of urea groups is 1. The fourth-order valence-electron chi connectivity index (χ4n) is 1.58. The van der Waals surface area contributed by atoms with Crippen molar-refractivity contribution in [2.24, 2.45) is 0 Å². The van der Waals surface area contributed by atoms with Gasteiger partial charge in [-0.05, 0) is 12.8 Å². The second-order valence-corrected chi connectivity index (χ2v) is 4.17. The molecular formula is C11H20N2O5. The van der Waals surface area contributed by atoms with Gasteiger partial charge in [0.15, 0.2) is 6.10 Å². The van der Waals surface area contributed by atoms with Crippen molar-refractivity contribution in [3.8, 4) is 0 Å². The van der Waals surface area contributed by atoms with Crippen LogP contribution in [-0.2, 0) is 14.3 Å². The van der Waals surface area contributed by atoms with E-state index >= 15 is 0 Å². The van der Waals surface area contributed by atoms with E-state index in [-0.39, 0.29) is 18.6 Å². The fraction of sp³-hybridized carbons (Fsp3) is 0.818. The van der Waals surface area contributed by atoms with Crippen molar-refractivity contribution in [3.63, 3.8) is 0 Å². The summed E-state index contributed by atoms with van der Waals surface area (Å²) in [7, 11) is 2.88. The number of rotatable bonds is 8. The molecule has 0 aromatic rings. The van der Waals surface area contributed by atoms with Crippen LogP contribution in [0.25, 0.3) is 0 Å². The average molecular weight is 260 g/mol. The number of nitrogens with zero attached hydrogens (tertiary/aromatic N) is 1. The van der Waals surface area contributed by atoms with Gasteiger partial charge in [-0.15, -0.1) is 0 Å². The molecule has 0 aliphatic heterocycles. The monoisotopic (exact) mass is 260 g/mol. The van der Waals surface area contributed by atoms with Gasteiger partial charge in [0.05, 0.1) is 13.2 Å². The van der Waals surface area contributed by atoms with E-state index in [4.69, 9.17) is 14.6 Å². The summed E-state index contributed by atoms with van der Waals surface area (Å²) in [6.45, 7) is 0.940. The first-order valence-electron chi connectivity index (χ1n) is 5.89. The molecule has 1 fully saturated rings. The lowest BCUT2D eigenvalue weighted by Crippen LogP contribution is -2.46. The lowest BCUT2D eigenvalue weighted by atomic mass is 10.3. The first-order chi connectivity index (χ1) is 8.60. The molecule has 1 rings (SSSR count). The zero-order valence-electron chi connectivity index (χ0n) is 10.7. The molecule has 2 N–H and O–H groups in total. The number of amides is 2. The number of hydrogen-bond donors (Lipinski definition) is 2. The van der Waals surface area contributed by atoms with Crippen molar-refractivity contribution in [2.75, 3.05) is 33.9 Å². The normalized spacial score (nSPS) is 16.1. The molecule has 7 heteroatoms. The maximum absolute atomic E-state index is 11.9. The van der Waals surface area contributed by atoms with E-state index in [1.807, 2.05) is 0 Å². The highest BCUT2D eigenvalue weighted by molar-refractivity contribution is 5.77. The van der Waals surface area contributed by atoms with Crippen LogP contribution in [0.2, 0.25) is 0 Å². The Bertz CT molecular complexity index is 293. The number of carboxylic acids is 1. The molecule has 7 nitrogen and oxygen atoms in total. The molecule has 0 aromatic carbocycles. The number of aliphatic carboxylic acids is 1. The Kier molecular flexibility index (Phi) is 5.87. The summed E-state index contributed by atoms with van der Waals surface area (Å²) >= 11 is 0. The predicted octanol–water partition coefficient (Wildman–Crippen LogP) is -0.0936. The van der Waals surface area contributed by atoms with Gasteiger partial charge in [-0.1, -0.05) is 0 Å². The summed E-state index contributed by atoms with van der Waals surface area (Å²) in [5.74, 6) is -1.09. The smallest absolute Gasteiger partial charge is 0.334 e. The van der Waals surface area contributed by atoms with Gasteiger partial charge in [-0.25, -0.2) is 9.59 Å². The quantitative estimate of drug-likeness (QED) is 0.636. The molecule has 0 bridgehead atoms. The topological polar surface area (TPSA) is 88.1 Å². The highest BCUT2D eigenvalue weighted by Gasteiger charge is 2.32. The first-order valence-corrected chi connectivity index (χ1v) is 5.89. The van der Waals surface area contributed by atoms with Crippen molar-refractivity contribution < 1.29 is 24.2 Å². The molecule has 0 saturated heterocycles. The van der Waals surface area contributed by atoms with Crippen molar-refractivity contribution in [3.05, 3.63) is 0 Å². The van der Waals surface area contributed by atoms with Crippen LogP contribution >= 0.6 is 0 Å². The molecule has 0 spiro atoms. The average Bonchev–Trinajstić information content (AvgIpc) is 3.14. The van der Waals surface area contributed by atoms with Crippen LogP contribution in [0.5, 0.6) is 0 Å². The van der Waals surface area contributed by atoms with Gasteiger partial charge in [-0.3, -0.25) is 0 Å². The van der Waals surface area contributed by atoms with Crippen molar-refractivity contribution in [1.29, 1.82) is 0 Å². The Morgan fingerprint density at radius 2 is 2.11 bits per heavy atom. The van der Waals surface area contributed by atoms with Crippen molar-refractivity contribution in [2.45, 2.75) is 25.0 Å². The lowest BCUT2D eigenvalue weighted by molar-refractivity contribution is -0.148. The van der Waals surface area contributed by atoms with Gasteiger partial charge in [0.2, 0.25) is 0 Å². The molecule has 1 saturated carbocycles. The highest BCUT2D eigenvalue weighted by Crippen LogP contribution is 2.26. The minimum atomic E-state index is -1.09. The highest BCUT2D eigenvalue weighted by atomic mass is 16.5. The van der Waals surface area contributed by atoms with Crippen LogP contribution in [0, 0.1) is 0 Å². The van der Waals surface area contributed by atoms with E-state index < -0.39 is 12.1 Å². The van der Waals surface area contributed by atoms with Crippen LogP contribution in [0.4, 0.5) is 4.79 Å². The number of carbonyl (C=O) groups is 2. The summed E-state index contributed by atoms with van der Waals surface area (Å²) in [5, 5.41) is 11.3. The van der Waals surface area contributed by atoms with E-state index in [1.54, 1.807) is 12.0 Å². The first kappa shape index (κ1) is 14.7. The molecule has 104 valence electrons. The number of ether oxygens (including phenoxy) is 2. The maximum atomic E-state index is 11.9. The largest absolute Gasteiger partial charge is 0.479 e. The molecule has 0 radical (unpaired) electrons. The lowest BCUT2D eigenvalue weighted by Gasteiger charge is -2.23. The molecule has 0 heterocycles. The zero-order chi connectivity index (χ0) is 13.5. The Morgan fingerprint density at radius 1 is 1.44 bits per heavy atom. The van der Waals surface area contributed by atoms with Crippen LogP contribution in [0.1, 0.15) is 12.8 Å². The summed E-state index contributed by atoms with van der Waals surface area (Å²) in [4.78, 5) is 24.3. The van der Waals surface area contributed by atoms with E-state index in [0.717, 1.165) is 12.8 Å². The SMILES string of the molecule is COCCN(C(=O)NCC(OC)C(=O)O)C1CC1. The molecule has 1 atom stereocenters. The second-order valence-electron chi connectivity index (χ2n) is 4.17. The Labute approximate surface area is 106 Å². The van der Waals surface area contributed by atoms with Gasteiger partial charge in [0, 0.05) is 26.8 Å². The van der Waals surface area contributed by atoms with Crippen LogP contribution in [0.3, 0.4) is 0 Å². The van der Waals surface area contributed by atoms with Crippen molar-refractivity contribution in [1.82, 2.24) is 10.2 Å². The third kappa shape index (κ3) is 4.50. The Morgan fingerprint density at radius 3 is 2.56 bits per heavy atom. The van der Waals surface area contributed by atoms with Crippen LogP contribution < -0.4 is 5.32 Å². The number of carboxylic acid groups (broad SMARTS) is 1. The summed E-state index contributed by atoms with van der Waals surface area (Å²) in [6, 6.07) is -0.0103. The molecular weight excluding hydrogens is 240 g/mol. The Balaban J connectivity index is 2.38. The third-order valence-corrected chi connectivity index (χ3v) is 2.78. The van der Waals surface area contributed by atoms with E-state index in [2.05, 4.69) is 5.32 Å². The van der Waals surface area contributed by atoms with E-state index in [0.29, 0.717) is 13.2 Å². The number of methoxy groups -OCH3 is 2. The minimum absolute atomic E-state index is 0.0408. The van der Waals surface area contributed by atoms with Gasteiger partial charge in [0.25, 0.3) is 0 Å². The fourth-order valence-corrected chi connectivity index (χ4v) is 1.58. The predicted molar refractivity (Wildman–Crippen MR) is 63.4 cm³/mol. The molecule has 1 aliphatic carbocycles. The van der Waals surface area contributed by atoms with Crippen LogP contribution in [-0.4, -0.2) is 68.1 Å². The van der Waals surface area contributed by atoms with E-state index in [1.165, 1.54) is 7.11 Å². The summed E-state index contributed by atoms with van der Waals surface area (Å²) < 4.78 is 9.69. The zero-order valence-corrected chi connectivity index (χ0v) is 10.7. The molecule has 1 aliphatic rings. The van der Waals surface area contributed by atoms with Crippen LogP contribution in [0.15, 0.2) is 0 Å². The van der Waals surface area contributed by atoms with Gasteiger partial charge in [0.1, 0.15) is 0 Å². The molecule has 2 amide bonds.